The summed E-state index contributed by atoms with van der Waals surface area (Å²) < 4.78 is 8.70. The lowest BCUT2D eigenvalue weighted by atomic mass is 10.1. The molecular weight excluding hydrogens is 497 g/mol. The Labute approximate surface area is 217 Å². The molecule has 9 heteroatoms. The molecule has 5 aromatic rings. The van der Waals surface area contributed by atoms with Crippen molar-refractivity contribution < 1.29 is 9.53 Å². The summed E-state index contributed by atoms with van der Waals surface area (Å²) in [4.78, 5) is 12.5. The van der Waals surface area contributed by atoms with E-state index in [2.05, 4.69) is 10.3 Å². The van der Waals surface area contributed by atoms with E-state index in [-0.39, 0.29) is 6.61 Å². The minimum absolute atomic E-state index is 0.0168. The Morgan fingerprint density at radius 2 is 1.64 bits per heavy atom. The molecule has 0 radical (unpaired) electrons. The van der Waals surface area contributed by atoms with Crippen LogP contribution in [0.4, 0.5) is 0 Å². The van der Waals surface area contributed by atoms with Gasteiger partial charge in [-0.3, -0.25) is 0 Å². The lowest BCUT2D eigenvalue weighted by molar-refractivity contribution is -0.139. The number of halogens is 2. The molecule has 178 valence electrons. The number of esters is 1. The number of rotatable bonds is 7. The average Bonchev–Trinajstić information content (AvgIpc) is 3.55. The van der Waals surface area contributed by atoms with Gasteiger partial charge in [0.2, 0.25) is 0 Å². The number of para-hydroxylation sites is 1. The fraction of sp³-hybridized carbons (Fsp3) is 0.0370. The zero-order valence-corrected chi connectivity index (χ0v) is 20.3. The van der Waals surface area contributed by atoms with E-state index >= 15 is 0 Å². The summed E-state index contributed by atoms with van der Waals surface area (Å²) in [5.41, 5.74) is 4.51. The minimum Gasteiger partial charge on any atom is -0.456 e. The first-order chi connectivity index (χ1) is 17.5. The van der Waals surface area contributed by atoms with Crippen molar-refractivity contribution >= 4 is 35.2 Å². The second-order valence-corrected chi connectivity index (χ2v) is 8.67. The predicted molar refractivity (Wildman–Crippen MR) is 139 cm³/mol. The van der Waals surface area contributed by atoms with Gasteiger partial charge in [-0.05, 0) is 48.5 Å². The topological polar surface area (TPSA) is 74.8 Å². The van der Waals surface area contributed by atoms with Crippen LogP contribution in [0.2, 0.25) is 10.0 Å². The summed E-state index contributed by atoms with van der Waals surface area (Å²) in [6.45, 7) is -0.0168. The van der Waals surface area contributed by atoms with Crippen LogP contribution < -0.4 is 0 Å². The van der Waals surface area contributed by atoms with Gasteiger partial charge < -0.3 is 4.74 Å². The van der Waals surface area contributed by atoms with Gasteiger partial charge in [-0.15, -0.1) is 5.10 Å². The van der Waals surface area contributed by atoms with Crippen molar-refractivity contribution in [1.29, 1.82) is 0 Å². The number of carbonyl (C=O) groups is 1. The fourth-order valence-corrected chi connectivity index (χ4v) is 3.83. The first kappa shape index (κ1) is 23.5. The molecule has 2 aromatic heterocycles. The molecule has 0 aliphatic carbocycles. The summed E-state index contributed by atoms with van der Waals surface area (Å²) in [5, 5.41) is 14.1. The molecule has 3 aromatic carbocycles. The Hall–Kier alpha value is -4.20. The Balaban J connectivity index is 1.31. The molecule has 0 N–H and O–H groups in total. The molecular formula is C27H19Cl2N5O2. The second-order valence-electron chi connectivity index (χ2n) is 7.80. The Bertz CT molecular complexity index is 1530. The van der Waals surface area contributed by atoms with Crippen LogP contribution in [0, 0.1) is 0 Å². The lowest BCUT2D eigenvalue weighted by Crippen LogP contribution is -2.01. The van der Waals surface area contributed by atoms with E-state index in [1.54, 1.807) is 45.9 Å². The Morgan fingerprint density at radius 1 is 0.861 bits per heavy atom. The minimum atomic E-state index is -0.512. The van der Waals surface area contributed by atoms with Crippen LogP contribution in [0.5, 0.6) is 0 Å². The number of ether oxygens (including phenoxy) is 1. The highest BCUT2D eigenvalue weighted by Gasteiger charge is 2.12. The van der Waals surface area contributed by atoms with Gasteiger partial charge >= 0.3 is 5.97 Å². The molecule has 5 rings (SSSR count). The molecule has 7 nitrogen and oxygen atoms in total. The molecule has 2 heterocycles. The highest BCUT2D eigenvalue weighted by molar-refractivity contribution is 6.31. The Morgan fingerprint density at radius 3 is 2.42 bits per heavy atom. The molecule has 0 saturated carbocycles. The number of nitrogens with zero attached hydrogens (tertiary/aromatic N) is 5. The molecule has 0 aliphatic heterocycles. The molecule has 0 amide bonds. The first-order valence-electron chi connectivity index (χ1n) is 11.0. The predicted octanol–water partition coefficient (Wildman–Crippen LogP) is 6.18. The smallest absolute Gasteiger partial charge is 0.331 e. The van der Waals surface area contributed by atoms with E-state index in [1.807, 2.05) is 60.8 Å². The SMILES string of the molecule is O=C(/C=C/c1cn(-c2ccccc2)nc1-c1ccc(Cl)cc1)OCc1cn(-c2cccc(Cl)c2)nn1. The summed E-state index contributed by atoms with van der Waals surface area (Å²) in [6, 6.07) is 24.3. The first-order valence-corrected chi connectivity index (χ1v) is 11.7. The quantitative estimate of drug-likeness (QED) is 0.191. The van der Waals surface area contributed by atoms with Gasteiger partial charge in [-0.25, -0.2) is 14.2 Å². The molecule has 0 fully saturated rings. The van der Waals surface area contributed by atoms with Crippen molar-refractivity contribution in [3.8, 4) is 22.6 Å². The van der Waals surface area contributed by atoms with Gasteiger partial charge in [0.1, 0.15) is 12.3 Å². The molecule has 0 saturated heterocycles. The number of benzene rings is 3. The zero-order valence-electron chi connectivity index (χ0n) is 18.8. The molecule has 36 heavy (non-hydrogen) atoms. The highest BCUT2D eigenvalue weighted by Crippen LogP contribution is 2.26. The Kier molecular flexibility index (Phi) is 6.93. The third-order valence-corrected chi connectivity index (χ3v) is 5.74. The van der Waals surface area contributed by atoms with Gasteiger partial charge in [0, 0.05) is 33.4 Å². The van der Waals surface area contributed by atoms with Crippen LogP contribution in [0.15, 0.2) is 97.3 Å². The van der Waals surface area contributed by atoms with Crippen LogP contribution in [-0.4, -0.2) is 30.7 Å². The van der Waals surface area contributed by atoms with Crippen molar-refractivity contribution in [3.05, 3.63) is 119 Å². The van der Waals surface area contributed by atoms with Crippen LogP contribution in [-0.2, 0) is 16.1 Å². The van der Waals surface area contributed by atoms with Gasteiger partial charge in [0.05, 0.1) is 23.3 Å². The van der Waals surface area contributed by atoms with Crippen molar-refractivity contribution in [1.82, 2.24) is 24.8 Å². The van der Waals surface area contributed by atoms with Gasteiger partial charge in [-0.2, -0.15) is 5.10 Å². The number of carbonyl (C=O) groups excluding carboxylic acids is 1. The largest absolute Gasteiger partial charge is 0.456 e. The van der Waals surface area contributed by atoms with Crippen LogP contribution in [0.25, 0.3) is 28.7 Å². The van der Waals surface area contributed by atoms with Gasteiger partial charge in [0.15, 0.2) is 0 Å². The van der Waals surface area contributed by atoms with E-state index < -0.39 is 5.97 Å². The van der Waals surface area contributed by atoms with Crippen molar-refractivity contribution in [2.24, 2.45) is 0 Å². The van der Waals surface area contributed by atoms with Crippen LogP contribution >= 0.6 is 23.2 Å². The van der Waals surface area contributed by atoms with E-state index in [1.165, 1.54) is 6.08 Å². The zero-order chi connectivity index (χ0) is 24.9. The third-order valence-electron chi connectivity index (χ3n) is 5.26. The standard InChI is InChI=1S/C27H19Cl2N5O2/c28-21-12-9-19(10-13-21)27-20(16-33(31-27)24-6-2-1-3-7-24)11-14-26(35)36-18-23-17-34(32-30-23)25-8-4-5-22(29)15-25/h1-17H,18H2/b14-11+. The number of hydrogen-bond acceptors (Lipinski definition) is 5. The van der Waals surface area contributed by atoms with Crippen molar-refractivity contribution in [3.63, 3.8) is 0 Å². The summed E-state index contributed by atoms with van der Waals surface area (Å²) in [5.74, 6) is -0.512. The normalized spacial score (nSPS) is 11.2. The monoisotopic (exact) mass is 515 g/mol. The lowest BCUT2D eigenvalue weighted by Gasteiger charge is -2.01. The second kappa shape index (κ2) is 10.6. The third kappa shape index (κ3) is 5.54. The van der Waals surface area contributed by atoms with E-state index in [0.29, 0.717) is 21.4 Å². The van der Waals surface area contributed by atoms with Crippen molar-refractivity contribution in [2.75, 3.05) is 0 Å². The van der Waals surface area contributed by atoms with E-state index in [0.717, 1.165) is 22.5 Å². The molecule has 0 unspecified atom stereocenters. The van der Waals surface area contributed by atoms with E-state index in [4.69, 9.17) is 33.0 Å². The van der Waals surface area contributed by atoms with Gasteiger partial charge in [-0.1, -0.05) is 64.8 Å². The van der Waals surface area contributed by atoms with E-state index in [9.17, 15) is 4.79 Å². The van der Waals surface area contributed by atoms with Crippen LogP contribution in [0.3, 0.4) is 0 Å². The summed E-state index contributed by atoms with van der Waals surface area (Å²) in [7, 11) is 0. The maximum absolute atomic E-state index is 12.5. The summed E-state index contributed by atoms with van der Waals surface area (Å²) in [6.07, 6.45) is 6.60. The van der Waals surface area contributed by atoms with Gasteiger partial charge in [0.25, 0.3) is 0 Å². The maximum Gasteiger partial charge on any atom is 0.331 e. The highest BCUT2D eigenvalue weighted by atomic mass is 35.5. The molecule has 0 atom stereocenters. The average molecular weight is 516 g/mol. The fourth-order valence-electron chi connectivity index (χ4n) is 3.51. The number of hydrogen-bond donors (Lipinski definition) is 0. The number of aromatic nitrogens is 5. The maximum atomic E-state index is 12.5. The molecule has 0 bridgehead atoms. The molecule has 0 aliphatic rings. The summed E-state index contributed by atoms with van der Waals surface area (Å²) >= 11 is 12.1. The van der Waals surface area contributed by atoms with Crippen LogP contribution in [0.1, 0.15) is 11.3 Å². The molecule has 0 spiro atoms. The van der Waals surface area contributed by atoms with Crippen molar-refractivity contribution in [2.45, 2.75) is 6.61 Å².